The van der Waals surface area contributed by atoms with Crippen molar-refractivity contribution in [2.24, 2.45) is 5.92 Å². The highest BCUT2D eigenvalue weighted by molar-refractivity contribution is 5.89. The molecule has 1 fully saturated rings. The van der Waals surface area contributed by atoms with Crippen LogP contribution in [0.3, 0.4) is 0 Å². The van der Waals surface area contributed by atoms with Crippen LogP contribution in [0, 0.1) is 5.92 Å². The van der Waals surface area contributed by atoms with E-state index in [0.717, 1.165) is 19.4 Å². The number of amides is 2. The van der Waals surface area contributed by atoms with Gasteiger partial charge in [0.15, 0.2) is 0 Å². The third kappa shape index (κ3) is 4.29. The van der Waals surface area contributed by atoms with Gasteiger partial charge < -0.3 is 16.0 Å². The number of piperidine rings is 1. The van der Waals surface area contributed by atoms with Gasteiger partial charge in [0.25, 0.3) is 0 Å². The molecular formula is C13H25N3O2. The minimum absolute atomic E-state index is 0.0754. The summed E-state index contributed by atoms with van der Waals surface area (Å²) in [6.45, 7) is 8.45. The summed E-state index contributed by atoms with van der Waals surface area (Å²) in [4.78, 5) is 23.8. The largest absolute Gasteiger partial charge is 0.352 e. The summed E-state index contributed by atoms with van der Waals surface area (Å²) in [6.07, 6.45) is 2.16. The van der Waals surface area contributed by atoms with Crippen molar-refractivity contribution in [3.63, 3.8) is 0 Å². The number of rotatable bonds is 4. The maximum absolute atomic E-state index is 12.1. The molecule has 3 atom stereocenters. The first-order chi connectivity index (χ1) is 8.41. The molecule has 0 saturated carbocycles. The lowest BCUT2D eigenvalue weighted by molar-refractivity contribution is -0.130. The Morgan fingerprint density at radius 2 is 1.89 bits per heavy atom. The third-order valence-corrected chi connectivity index (χ3v) is 3.23. The number of carbonyl (C=O) groups excluding carboxylic acids is 2. The van der Waals surface area contributed by atoms with E-state index in [1.165, 1.54) is 0 Å². The van der Waals surface area contributed by atoms with Crippen LogP contribution in [0.1, 0.15) is 40.5 Å². The Bertz CT molecular complexity index is 305. The first-order valence-electron chi connectivity index (χ1n) is 6.76. The maximum atomic E-state index is 12.1. The van der Waals surface area contributed by atoms with E-state index >= 15 is 0 Å². The van der Waals surface area contributed by atoms with Gasteiger partial charge in [-0.05, 0) is 46.1 Å². The Balaban J connectivity index is 2.45. The summed E-state index contributed by atoms with van der Waals surface area (Å²) in [5.41, 5.74) is 0. The van der Waals surface area contributed by atoms with Crippen LogP contribution in [0.25, 0.3) is 0 Å². The Hall–Kier alpha value is -1.10. The van der Waals surface area contributed by atoms with E-state index in [1.807, 2.05) is 13.8 Å². The van der Waals surface area contributed by atoms with Gasteiger partial charge in [0.1, 0.15) is 6.04 Å². The van der Waals surface area contributed by atoms with Gasteiger partial charge in [-0.1, -0.05) is 6.92 Å². The number of nitrogens with one attached hydrogen (secondary N) is 3. The molecule has 1 aliphatic heterocycles. The Morgan fingerprint density at radius 3 is 2.44 bits per heavy atom. The molecule has 104 valence electrons. The molecule has 0 spiro atoms. The predicted octanol–water partition coefficient (Wildman–Crippen LogP) is 0.404. The average molecular weight is 255 g/mol. The van der Waals surface area contributed by atoms with E-state index in [0.29, 0.717) is 5.92 Å². The van der Waals surface area contributed by atoms with Gasteiger partial charge in [-0.2, -0.15) is 0 Å². The Kier molecular flexibility index (Phi) is 5.59. The van der Waals surface area contributed by atoms with Gasteiger partial charge in [-0.15, -0.1) is 0 Å². The molecule has 3 N–H and O–H groups in total. The molecule has 0 radical (unpaired) electrons. The van der Waals surface area contributed by atoms with Crippen molar-refractivity contribution in [1.29, 1.82) is 0 Å². The van der Waals surface area contributed by atoms with Crippen LogP contribution in [-0.4, -0.2) is 36.5 Å². The average Bonchev–Trinajstić information content (AvgIpc) is 2.28. The zero-order valence-corrected chi connectivity index (χ0v) is 11.7. The van der Waals surface area contributed by atoms with Crippen LogP contribution in [0.5, 0.6) is 0 Å². The van der Waals surface area contributed by atoms with Gasteiger partial charge in [-0.3, -0.25) is 9.59 Å². The molecule has 3 unspecified atom stereocenters. The second-order valence-corrected chi connectivity index (χ2v) is 5.44. The topological polar surface area (TPSA) is 70.2 Å². The molecule has 1 aliphatic rings. The first kappa shape index (κ1) is 15.0. The van der Waals surface area contributed by atoms with Crippen LogP contribution in [-0.2, 0) is 9.59 Å². The van der Waals surface area contributed by atoms with Crippen molar-refractivity contribution in [3.05, 3.63) is 0 Å². The predicted molar refractivity (Wildman–Crippen MR) is 71.1 cm³/mol. The van der Waals surface area contributed by atoms with Gasteiger partial charge in [0, 0.05) is 6.04 Å². The fourth-order valence-electron chi connectivity index (χ4n) is 2.18. The van der Waals surface area contributed by atoms with E-state index < -0.39 is 6.04 Å². The fraction of sp³-hybridized carbons (Fsp3) is 0.846. The summed E-state index contributed by atoms with van der Waals surface area (Å²) in [7, 11) is 0. The van der Waals surface area contributed by atoms with Crippen LogP contribution in [0.2, 0.25) is 0 Å². The molecule has 1 rings (SSSR count). The number of hydrogen-bond acceptors (Lipinski definition) is 3. The lowest BCUT2D eigenvalue weighted by Gasteiger charge is -2.30. The second-order valence-electron chi connectivity index (χ2n) is 5.44. The minimum Gasteiger partial charge on any atom is -0.352 e. The monoisotopic (exact) mass is 255 g/mol. The minimum atomic E-state index is -0.490. The normalized spacial score (nSPS) is 25.6. The van der Waals surface area contributed by atoms with Gasteiger partial charge >= 0.3 is 0 Å². The van der Waals surface area contributed by atoms with Crippen LogP contribution in [0.4, 0.5) is 0 Å². The Morgan fingerprint density at radius 1 is 1.22 bits per heavy atom. The zero-order chi connectivity index (χ0) is 13.7. The summed E-state index contributed by atoms with van der Waals surface area (Å²) >= 11 is 0. The van der Waals surface area contributed by atoms with Crippen molar-refractivity contribution in [3.8, 4) is 0 Å². The van der Waals surface area contributed by atoms with Crippen LogP contribution in [0.15, 0.2) is 0 Å². The molecule has 0 aromatic carbocycles. The lowest BCUT2D eigenvalue weighted by atomic mass is 9.92. The molecule has 2 amide bonds. The highest BCUT2D eigenvalue weighted by Gasteiger charge is 2.29. The first-order valence-corrected chi connectivity index (χ1v) is 6.76. The highest BCUT2D eigenvalue weighted by atomic mass is 16.2. The van der Waals surface area contributed by atoms with E-state index in [-0.39, 0.29) is 23.9 Å². The van der Waals surface area contributed by atoms with E-state index in [4.69, 9.17) is 0 Å². The second kappa shape index (κ2) is 6.73. The van der Waals surface area contributed by atoms with Gasteiger partial charge in [-0.25, -0.2) is 0 Å². The molecular weight excluding hydrogens is 230 g/mol. The maximum Gasteiger partial charge on any atom is 0.242 e. The number of carbonyl (C=O) groups is 2. The molecule has 0 bridgehead atoms. The molecule has 0 aliphatic carbocycles. The molecule has 1 heterocycles. The van der Waals surface area contributed by atoms with Gasteiger partial charge in [0.2, 0.25) is 11.8 Å². The fourth-order valence-corrected chi connectivity index (χ4v) is 2.18. The van der Waals surface area contributed by atoms with E-state index in [2.05, 4.69) is 22.9 Å². The smallest absolute Gasteiger partial charge is 0.242 e. The molecule has 5 nitrogen and oxygen atoms in total. The molecule has 18 heavy (non-hydrogen) atoms. The zero-order valence-electron chi connectivity index (χ0n) is 11.7. The number of hydrogen-bond donors (Lipinski definition) is 3. The summed E-state index contributed by atoms with van der Waals surface area (Å²) < 4.78 is 0. The van der Waals surface area contributed by atoms with Crippen molar-refractivity contribution >= 4 is 11.8 Å². The van der Waals surface area contributed by atoms with Gasteiger partial charge in [0.05, 0.1) is 6.04 Å². The standard InChI is InChI=1S/C13H25N3O2/c1-8(2)15-12(17)10(4)16-13(18)11-9(3)6-5-7-14-11/h8-11,14H,5-7H2,1-4H3,(H,15,17)(H,16,18). The van der Waals surface area contributed by atoms with Crippen LogP contribution < -0.4 is 16.0 Å². The van der Waals surface area contributed by atoms with Crippen molar-refractivity contribution < 1.29 is 9.59 Å². The van der Waals surface area contributed by atoms with Crippen molar-refractivity contribution in [2.45, 2.75) is 58.7 Å². The lowest BCUT2D eigenvalue weighted by Crippen LogP contribution is -2.55. The Labute approximate surface area is 109 Å². The summed E-state index contributed by atoms with van der Waals surface area (Å²) in [5.74, 6) is 0.106. The van der Waals surface area contributed by atoms with E-state index in [1.54, 1.807) is 6.92 Å². The molecule has 0 aromatic rings. The van der Waals surface area contributed by atoms with Crippen molar-refractivity contribution in [2.75, 3.05) is 6.54 Å². The summed E-state index contributed by atoms with van der Waals surface area (Å²) in [6, 6.07) is -0.576. The highest BCUT2D eigenvalue weighted by Crippen LogP contribution is 2.15. The SMILES string of the molecule is CC(C)NC(=O)C(C)NC(=O)C1NCCCC1C. The van der Waals surface area contributed by atoms with Crippen LogP contribution >= 0.6 is 0 Å². The molecule has 1 saturated heterocycles. The summed E-state index contributed by atoms with van der Waals surface area (Å²) in [5, 5.41) is 8.77. The quantitative estimate of drug-likeness (QED) is 0.681. The third-order valence-electron chi connectivity index (χ3n) is 3.23. The molecule has 5 heteroatoms. The van der Waals surface area contributed by atoms with E-state index in [9.17, 15) is 9.59 Å². The molecule has 0 aromatic heterocycles. The van der Waals surface area contributed by atoms with Crippen molar-refractivity contribution in [1.82, 2.24) is 16.0 Å².